The van der Waals surface area contributed by atoms with Crippen molar-refractivity contribution in [2.45, 2.75) is 43.6 Å². The lowest BCUT2D eigenvalue weighted by atomic mass is 9.88. The van der Waals surface area contributed by atoms with Crippen LogP contribution >= 0.6 is 0 Å². The molecule has 3 heterocycles. The molecule has 8 nitrogen and oxygen atoms in total. The van der Waals surface area contributed by atoms with Gasteiger partial charge in [0.1, 0.15) is 11.4 Å². The summed E-state index contributed by atoms with van der Waals surface area (Å²) in [5, 5.41) is 16.7. The number of fused-ring (bicyclic) bond motifs is 3. The molecule has 0 saturated carbocycles. The Morgan fingerprint density at radius 2 is 1.89 bits per heavy atom. The number of nitrogens with zero attached hydrogens (tertiary/aromatic N) is 3. The molecule has 1 aliphatic rings. The van der Waals surface area contributed by atoms with E-state index in [1.165, 1.54) is 6.92 Å². The van der Waals surface area contributed by atoms with Gasteiger partial charge in [0.2, 0.25) is 5.60 Å². The van der Waals surface area contributed by atoms with Gasteiger partial charge in [-0.1, -0.05) is 12.1 Å². The third kappa shape index (κ3) is 3.01. The van der Waals surface area contributed by atoms with Gasteiger partial charge in [0.15, 0.2) is 5.76 Å². The molecule has 0 saturated heterocycles. The van der Waals surface area contributed by atoms with E-state index in [9.17, 15) is 39.9 Å². The summed E-state index contributed by atoms with van der Waals surface area (Å²) < 4.78 is 109. The van der Waals surface area contributed by atoms with E-state index < -0.39 is 44.9 Å². The van der Waals surface area contributed by atoms with E-state index in [1.54, 1.807) is 0 Å². The third-order valence-corrected chi connectivity index (χ3v) is 5.11. The van der Waals surface area contributed by atoms with Crippen molar-refractivity contribution in [2.24, 2.45) is 0 Å². The van der Waals surface area contributed by atoms with Gasteiger partial charge in [-0.15, -0.1) is 5.10 Å². The monoisotopic (exact) mass is 435 g/mol. The van der Waals surface area contributed by atoms with E-state index in [1.807, 2.05) is 0 Å². The van der Waals surface area contributed by atoms with Crippen LogP contribution in [-0.2, 0) is 22.3 Å². The number of rotatable bonds is 3. The number of halogens is 6. The van der Waals surface area contributed by atoms with Crippen LogP contribution in [0.25, 0.3) is 11.5 Å². The second-order valence-electron chi connectivity index (χ2n) is 6.28. The Bertz CT molecular complexity index is 1020. The number of hydrogen-bond acceptors (Lipinski definition) is 7. The quantitative estimate of drug-likeness (QED) is 0.449. The Balaban J connectivity index is 2.07. The fraction of sp³-hybridized carbons (Fsp3) is 0.538. The average Bonchev–Trinajstić information content (AvgIpc) is 3.08. The maximum atomic E-state index is 13.1. The van der Waals surface area contributed by atoms with Crippen LogP contribution in [0.1, 0.15) is 31.0 Å². The van der Waals surface area contributed by atoms with Crippen LogP contribution in [0.4, 0.5) is 26.3 Å². The Kier molecular flexibility index (Phi) is 4.27. The van der Waals surface area contributed by atoms with Crippen LogP contribution < -0.4 is 4.18 Å². The summed E-state index contributed by atoms with van der Waals surface area (Å²) >= 11 is 0. The Hall–Kier alpha value is -2.29. The minimum absolute atomic E-state index is 0.125. The average molecular weight is 435 g/mol. The van der Waals surface area contributed by atoms with Gasteiger partial charge in [-0.05, 0) is 6.92 Å². The zero-order valence-electron chi connectivity index (χ0n) is 14.0. The van der Waals surface area contributed by atoms with E-state index in [-0.39, 0.29) is 23.6 Å². The molecule has 0 aromatic carbocycles. The molecule has 28 heavy (non-hydrogen) atoms. The first-order valence-electron chi connectivity index (χ1n) is 7.44. The van der Waals surface area contributed by atoms with Gasteiger partial charge in [0.25, 0.3) is 5.88 Å². The molecule has 0 aliphatic carbocycles. The van der Waals surface area contributed by atoms with E-state index in [4.69, 9.17) is 4.52 Å². The van der Waals surface area contributed by atoms with Gasteiger partial charge in [-0.2, -0.15) is 34.8 Å². The summed E-state index contributed by atoms with van der Waals surface area (Å²) in [5.74, 6) is -2.00. The van der Waals surface area contributed by atoms with Crippen LogP contribution in [0.5, 0.6) is 5.88 Å². The van der Waals surface area contributed by atoms with Crippen molar-refractivity contribution in [3.63, 3.8) is 0 Å². The maximum Gasteiger partial charge on any atom is 0.534 e. The largest absolute Gasteiger partial charge is 0.534 e. The van der Waals surface area contributed by atoms with Gasteiger partial charge in [-0.25, -0.2) is 0 Å². The molecule has 15 heteroatoms. The third-order valence-electron chi connectivity index (χ3n) is 4.15. The molecule has 1 N–H and O–H groups in total. The lowest BCUT2D eigenvalue weighted by Gasteiger charge is -2.27. The Labute approximate surface area is 152 Å². The number of aromatic nitrogens is 3. The molecule has 3 rings (SSSR count). The molecule has 2 atom stereocenters. The van der Waals surface area contributed by atoms with Gasteiger partial charge in [0, 0.05) is 24.1 Å². The fourth-order valence-electron chi connectivity index (χ4n) is 2.69. The molecule has 0 bridgehead atoms. The fourth-order valence-corrected chi connectivity index (χ4v) is 3.09. The van der Waals surface area contributed by atoms with Crippen molar-refractivity contribution in [2.75, 3.05) is 0 Å². The summed E-state index contributed by atoms with van der Waals surface area (Å²) in [6.45, 7) is 1.78. The predicted molar refractivity (Wildman–Crippen MR) is 77.4 cm³/mol. The highest BCUT2D eigenvalue weighted by Gasteiger charge is 2.56. The highest BCUT2D eigenvalue weighted by atomic mass is 32.2. The van der Waals surface area contributed by atoms with E-state index >= 15 is 0 Å². The molecule has 0 unspecified atom stereocenters. The Morgan fingerprint density at radius 3 is 2.43 bits per heavy atom. The molecule has 0 spiro atoms. The Morgan fingerprint density at radius 1 is 1.29 bits per heavy atom. The van der Waals surface area contributed by atoms with Crippen molar-refractivity contribution < 1.29 is 48.6 Å². The second kappa shape index (κ2) is 5.85. The predicted octanol–water partition coefficient (Wildman–Crippen LogP) is 2.65. The zero-order chi connectivity index (χ0) is 21.3. The first-order valence-corrected chi connectivity index (χ1v) is 8.85. The van der Waals surface area contributed by atoms with Crippen LogP contribution in [0.3, 0.4) is 0 Å². The van der Waals surface area contributed by atoms with Crippen molar-refractivity contribution in [1.82, 2.24) is 14.9 Å². The van der Waals surface area contributed by atoms with Gasteiger partial charge >= 0.3 is 21.8 Å². The molecule has 156 valence electrons. The van der Waals surface area contributed by atoms with E-state index in [0.29, 0.717) is 6.92 Å². The van der Waals surface area contributed by atoms with Crippen LogP contribution in [0.2, 0.25) is 0 Å². The van der Waals surface area contributed by atoms with Crippen molar-refractivity contribution >= 4 is 10.1 Å². The summed E-state index contributed by atoms with van der Waals surface area (Å²) in [4.78, 5) is 0. The van der Waals surface area contributed by atoms with Gasteiger partial charge < -0.3 is 13.8 Å². The number of alkyl halides is 6. The van der Waals surface area contributed by atoms with Gasteiger partial charge in [0.05, 0.1) is 0 Å². The molecule has 0 fully saturated rings. The summed E-state index contributed by atoms with van der Waals surface area (Å²) in [7, 11) is -5.99. The normalized spacial score (nSPS) is 19.7. The minimum atomic E-state index is -5.99. The zero-order valence-corrected chi connectivity index (χ0v) is 14.8. The topological polar surface area (TPSA) is 107 Å². The highest BCUT2D eigenvalue weighted by molar-refractivity contribution is 7.87. The molecular formula is C13H11F6N3O5S. The van der Waals surface area contributed by atoms with Crippen molar-refractivity contribution in [1.29, 1.82) is 0 Å². The van der Waals surface area contributed by atoms with E-state index in [2.05, 4.69) is 14.4 Å². The minimum Gasteiger partial charge on any atom is -0.375 e. The molecule has 2 aromatic rings. The van der Waals surface area contributed by atoms with Crippen LogP contribution in [-0.4, -0.2) is 40.1 Å². The summed E-state index contributed by atoms with van der Waals surface area (Å²) in [5.41, 5.74) is -10.1. The highest BCUT2D eigenvalue weighted by Crippen LogP contribution is 2.46. The lowest BCUT2D eigenvalue weighted by molar-refractivity contribution is -0.261. The smallest absolute Gasteiger partial charge is 0.375 e. The number of hydrogen-bond donors (Lipinski definition) is 1. The van der Waals surface area contributed by atoms with Crippen LogP contribution in [0, 0.1) is 0 Å². The molecule has 0 radical (unpaired) electrons. The van der Waals surface area contributed by atoms with Crippen LogP contribution in [0.15, 0.2) is 10.6 Å². The molecular weight excluding hydrogens is 424 g/mol. The first kappa shape index (κ1) is 20.4. The molecule has 1 aliphatic heterocycles. The second-order valence-corrected chi connectivity index (χ2v) is 7.82. The molecule has 0 amide bonds. The lowest BCUT2D eigenvalue weighted by Crippen LogP contribution is -2.40. The summed E-state index contributed by atoms with van der Waals surface area (Å²) in [6, 6.07) is 0.755. The van der Waals surface area contributed by atoms with Crippen molar-refractivity contribution in [3.8, 4) is 17.3 Å². The van der Waals surface area contributed by atoms with E-state index in [0.717, 1.165) is 10.7 Å². The SMILES string of the molecule is C[C@H]1Cn2nc(OS(=O)(=O)C(F)(F)F)cc2-c2onc([C@@](C)(O)C(F)(F)F)c21. The van der Waals surface area contributed by atoms with Gasteiger partial charge in [-0.3, -0.25) is 4.68 Å². The maximum absolute atomic E-state index is 13.1. The standard InChI is InChI=1S/C13H11F6N3O5S/c1-5-4-22-6(3-7(20-22)27-28(24,25)13(17,18)19)9-8(5)10(21-26-9)11(2,23)12(14,15)16/h3,5,23H,4H2,1-2H3/t5-,11+/m0/s1. The summed E-state index contributed by atoms with van der Waals surface area (Å²) in [6.07, 6.45) is -5.08. The number of aliphatic hydroxyl groups is 1. The van der Waals surface area contributed by atoms with Crippen molar-refractivity contribution in [3.05, 3.63) is 17.3 Å². The first-order chi connectivity index (χ1) is 12.6. The molecule has 2 aromatic heterocycles.